The molecule has 3 N–H and O–H groups in total. The number of nitrogens with two attached hydrogens (primary N) is 1. The molecule has 1 unspecified atom stereocenters. The smallest absolute Gasteiger partial charge is 0.360 e. The lowest BCUT2D eigenvalue weighted by Gasteiger charge is -2.13. The van der Waals surface area contributed by atoms with Crippen LogP contribution in [0, 0.1) is 0 Å². The van der Waals surface area contributed by atoms with Crippen molar-refractivity contribution in [3.05, 3.63) is 18.2 Å². The van der Waals surface area contributed by atoms with Gasteiger partial charge in [-0.3, -0.25) is 4.57 Å². The summed E-state index contributed by atoms with van der Waals surface area (Å²) in [6, 6.07) is 4.48. The molecule has 0 fully saturated rings. The van der Waals surface area contributed by atoms with E-state index in [0.717, 1.165) is 0 Å². The van der Waals surface area contributed by atoms with Crippen LogP contribution in [-0.4, -0.2) is 18.6 Å². The fraction of sp³-hybridized carbons (Fsp3) is 0.333. The van der Waals surface area contributed by atoms with Gasteiger partial charge in [0.05, 0.1) is 24.7 Å². The number of hydrogen-bond acceptors (Lipinski definition) is 4. The Morgan fingerprint density at radius 3 is 2.67 bits per heavy atom. The Morgan fingerprint density at radius 2 is 2.20 bits per heavy atom. The van der Waals surface area contributed by atoms with Crippen LogP contribution in [0.3, 0.4) is 0 Å². The first kappa shape index (κ1) is 12.0. The van der Waals surface area contributed by atoms with Gasteiger partial charge in [-0.25, -0.2) is 0 Å². The van der Waals surface area contributed by atoms with Gasteiger partial charge in [0, 0.05) is 6.07 Å². The Bertz CT molecular complexity index is 394. The molecule has 1 aromatic carbocycles. The monoisotopic (exact) mass is 231 g/mol. The van der Waals surface area contributed by atoms with Crippen LogP contribution in [0.2, 0.25) is 0 Å². The molecule has 1 atom stereocenters. The minimum absolute atomic E-state index is 0.102. The van der Waals surface area contributed by atoms with Crippen molar-refractivity contribution in [1.82, 2.24) is 0 Å². The molecule has 0 amide bonds. The lowest BCUT2D eigenvalue weighted by Crippen LogP contribution is -2.12. The zero-order valence-corrected chi connectivity index (χ0v) is 9.53. The van der Waals surface area contributed by atoms with Gasteiger partial charge in [0.25, 0.3) is 0 Å². The van der Waals surface area contributed by atoms with E-state index >= 15 is 0 Å². The van der Waals surface area contributed by atoms with E-state index in [1.54, 1.807) is 13.0 Å². The number of methoxy groups -OCH3 is 1. The zero-order valence-electron chi connectivity index (χ0n) is 8.64. The molecule has 1 rings (SSSR count). The third-order valence-electron chi connectivity index (χ3n) is 1.84. The minimum Gasteiger partial charge on any atom is -0.497 e. The number of nitrogen functional groups attached to an aromatic ring is 1. The molecule has 0 saturated carbocycles. The van der Waals surface area contributed by atoms with E-state index in [4.69, 9.17) is 15.0 Å². The predicted molar refractivity (Wildman–Crippen MR) is 58.5 cm³/mol. The van der Waals surface area contributed by atoms with Gasteiger partial charge in [0.1, 0.15) is 5.75 Å². The summed E-state index contributed by atoms with van der Waals surface area (Å²) in [7, 11) is -2.30. The van der Waals surface area contributed by atoms with Crippen molar-refractivity contribution in [3.8, 4) is 5.75 Å². The largest absolute Gasteiger partial charge is 0.497 e. The van der Waals surface area contributed by atoms with Gasteiger partial charge in [-0.15, -0.1) is 0 Å². The Morgan fingerprint density at radius 1 is 1.53 bits per heavy atom. The van der Waals surface area contributed by atoms with Crippen molar-refractivity contribution < 1.29 is 18.7 Å². The quantitative estimate of drug-likeness (QED) is 0.599. The number of hydrogen-bond donors (Lipinski definition) is 2. The molecule has 6 heteroatoms. The molecule has 0 saturated heterocycles. The molecule has 84 valence electrons. The molecule has 1 aromatic rings. The van der Waals surface area contributed by atoms with Gasteiger partial charge in [-0.2, -0.15) is 0 Å². The topological polar surface area (TPSA) is 81.8 Å². The first-order chi connectivity index (χ1) is 7.01. The molecular weight excluding hydrogens is 217 g/mol. The Labute approximate surface area is 88.4 Å². The molecule has 0 radical (unpaired) electrons. The molecular formula is C9H14NO4P. The fourth-order valence-electron chi connectivity index (χ4n) is 1.16. The molecule has 0 heterocycles. The zero-order chi connectivity index (χ0) is 11.5. The highest BCUT2D eigenvalue weighted by Gasteiger charge is 2.24. The van der Waals surface area contributed by atoms with Gasteiger partial charge >= 0.3 is 7.60 Å². The number of anilines is 1. The van der Waals surface area contributed by atoms with Crippen LogP contribution in [0.1, 0.15) is 6.92 Å². The average Bonchev–Trinajstić information content (AvgIpc) is 2.17. The standard InChI is InChI=1S/C9H14NO4P/c1-3-14-15(11,12)9-5-4-7(13-2)6-8(9)10/h4-6H,3,10H2,1-2H3,(H,11,12). The maximum Gasteiger partial charge on any atom is 0.360 e. The van der Waals surface area contributed by atoms with Crippen LogP contribution < -0.4 is 15.8 Å². The van der Waals surface area contributed by atoms with Crippen molar-refractivity contribution in [3.63, 3.8) is 0 Å². The number of ether oxygens (including phenoxy) is 1. The first-order valence-corrected chi connectivity index (χ1v) is 6.00. The van der Waals surface area contributed by atoms with Crippen LogP contribution in [0.25, 0.3) is 0 Å². The van der Waals surface area contributed by atoms with Gasteiger partial charge in [0.15, 0.2) is 0 Å². The summed E-state index contributed by atoms with van der Waals surface area (Å²) in [5.74, 6) is 0.535. The lowest BCUT2D eigenvalue weighted by atomic mass is 10.3. The fourth-order valence-corrected chi connectivity index (χ4v) is 2.30. The molecule has 0 spiro atoms. The maximum absolute atomic E-state index is 11.6. The third kappa shape index (κ3) is 2.72. The van der Waals surface area contributed by atoms with E-state index < -0.39 is 7.60 Å². The highest BCUT2D eigenvalue weighted by Crippen LogP contribution is 2.42. The van der Waals surface area contributed by atoms with Crippen LogP contribution in [0.5, 0.6) is 5.75 Å². The first-order valence-electron chi connectivity index (χ1n) is 4.42. The van der Waals surface area contributed by atoms with Gasteiger partial charge in [-0.05, 0) is 19.1 Å². The van der Waals surface area contributed by atoms with E-state index in [1.807, 2.05) is 0 Å². The average molecular weight is 231 g/mol. The Kier molecular flexibility index (Phi) is 3.74. The van der Waals surface area contributed by atoms with Crippen LogP contribution >= 0.6 is 7.60 Å². The van der Waals surface area contributed by atoms with E-state index in [-0.39, 0.29) is 17.6 Å². The summed E-state index contributed by atoms with van der Waals surface area (Å²) < 4.78 is 21.3. The molecule has 0 aliphatic heterocycles. The summed E-state index contributed by atoms with van der Waals surface area (Å²) in [4.78, 5) is 9.54. The highest BCUT2D eigenvalue weighted by molar-refractivity contribution is 7.61. The van der Waals surface area contributed by atoms with Crippen molar-refractivity contribution in [2.75, 3.05) is 19.5 Å². The predicted octanol–water partition coefficient (Wildman–Crippen LogP) is 1.12. The Hall–Kier alpha value is -1.03. The van der Waals surface area contributed by atoms with Crippen molar-refractivity contribution in [2.45, 2.75) is 6.92 Å². The molecule has 0 bridgehead atoms. The minimum atomic E-state index is -3.79. The Balaban J connectivity index is 3.10. The van der Waals surface area contributed by atoms with Crippen molar-refractivity contribution >= 4 is 18.6 Å². The van der Waals surface area contributed by atoms with Gasteiger partial charge in [0.2, 0.25) is 0 Å². The van der Waals surface area contributed by atoms with E-state index in [0.29, 0.717) is 5.75 Å². The summed E-state index contributed by atoms with van der Waals surface area (Å²) >= 11 is 0. The van der Waals surface area contributed by atoms with E-state index in [1.165, 1.54) is 19.2 Å². The normalized spacial score (nSPS) is 14.6. The molecule has 0 aliphatic rings. The number of rotatable bonds is 4. The molecule has 0 aromatic heterocycles. The number of benzene rings is 1. The van der Waals surface area contributed by atoms with Crippen molar-refractivity contribution in [1.29, 1.82) is 0 Å². The summed E-state index contributed by atoms with van der Waals surface area (Å²) in [5.41, 5.74) is 5.81. The molecule has 5 nitrogen and oxygen atoms in total. The summed E-state index contributed by atoms with van der Waals surface area (Å²) in [6.07, 6.45) is 0. The van der Waals surface area contributed by atoms with E-state index in [2.05, 4.69) is 0 Å². The van der Waals surface area contributed by atoms with Crippen LogP contribution in [-0.2, 0) is 9.09 Å². The second-order valence-electron chi connectivity index (χ2n) is 2.86. The summed E-state index contributed by atoms with van der Waals surface area (Å²) in [5, 5.41) is 0.102. The molecule has 0 aliphatic carbocycles. The van der Waals surface area contributed by atoms with Crippen LogP contribution in [0.4, 0.5) is 5.69 Å². The van der Waals surface area contributed by atoms with E-state index in [9.17, 15) is 9.46 Å². The van der Waals surface area contributed by atoms with Crippen LogP contribution in [0.15, 0.2) is 18.2 Å². The van der Waals surface area contributed by atoms with Crippen molar-refractivity contribution in [2.24, 2.45) is 0 Å². The second kappa shape index (κ2) is 4.66. The summed E-state index contributed by atoms with van der Waals surface area (Å²) in [6.45, 7) is 1.79. The SMILES string of the molecule is CCOP(=O)(O)c1ccc(OC)cc1N. The van der Waals surface area contributed by atoms with Gasteiger partial charge < -0.3 is 19.9 Å². The highest BCUT2D eigenvalue weighted by atomic mass is 31.2. The van der Waals surface area contributed by atoms with Gasteiger partial charge in [-0.1, -0.05) is 0 Å². The lowest BCUT2D eigenvalue weighted by molar-refractivity contribution is 0.284. The third-order valence-corrected chi connectivity index (χ3v) is 3.47. The molecule has 15 heavy (non-hydrogen) atoms. The maximum atomic E-state index is 11.6. The second-order valence-corrected chi connectivity index (χ2v) is 4.64.